The Morgan fingerprint density at radius 3 is 1.38 bits per heavy atom. The molecular weight excluding hydrogens is 378 g/mol. The van der Waals surface area contributed by atoms with E-state index in [-0.39, 0.29) is 0 Å². The van der Waals surface area contributed by atoms with Crippen molar-refractivity contribution in [1.29, 1.82) is 0 Å². The summed E-state index contributed by atoms with van der Waals surface area (Å²) in [6.45, 7) is 0. The van der Waals surface area contributed by atoms with Crippen molar-refractivity contribution in [1.82, 2.24) is 15.2 Å². The molecule has 29 heavy (non-hydrogen) atoms. The summed E-state index contributed by atoms with van der Waals surface area (Å²) in [4.78, 5) is 4.59. The van der Waals surface area contributed by atoms with E-state index in [1.807, 2.05) is 0 Å². The molecule has 0 bridgehead atoms. The molecule has 3 aromatic rings. The van der Waals surface area contributed by atoms with E-state index in [9.17, 15) is 0 Å². The molecular formula is C20H23N3O6. The summed E-state index contributed by atoms with van der Waals surface area (Å²) in [6, 6.07) is 7.15. The normalized spacial score (nSPS) is 10.4. The lowest BCUT2D eigenvalue weighted by atomic mass is 10.1. The van der Waals surface area contributed by atoms with E-state index in [2.05, 4.69) is 15.2 Å². The number of rotatable bonds is 8. The van der Waals surface area contributed by atoms with E-state index in [1.165, 1.54) is 0 Å². The minimum Gasteiger partial charge on any atom is -0.493 e. The second-order valence-corrected chi connectivity index (χ2v) is 5.84. The number of ether oxygens (including phenoxy) is 6. The number of nitrogens with zero attached hydrogens (tertiary/aromatic N) is 2. The summed E-state index contributed by atoms with van der Waals surface area (Å²) in [5, 5.41) is 7.26. The topological polar surface area (TPSA) is 97.0 Å². The molecule has 9 heteroatoms. The molecule has 1 heterocycles. The Labute approximate surface area is 168 Å². The first-order chi connectivity index (χ1) is 14.1. The van der Waals surface area contributed by atoms with Gasteiger partial charge in [-0.25, -0.2) is 4.98 Å². The van der Waals surface area contributed by atoms with Gasteiger partial charge in [0.05, 0.1) is 42.7 Å². The van der Waals surface area contributed by atoms with Gasteiger partial charge >= 0.3 is 0 Å². The molecule has 1 N–H and O–H groups in total. The summed E-state index contributed by atoms with van der Waals surface area (Å²) in [5.41, 5.74) is 1.43. The maximum Gasteiger partial charge on any atom is 0.203 e. The number of aromatic nitrogens is 3. The lowest BCUT2D eigenvalue weighted by molar-refractivity contribution is 0.324. The fourth-order valence-electron chi connectivity index (χ4n) is 2.95. The first-order valence-corrected chi connectivity index (χ1v) is 8.63. The number of hydrogen-bond donors (Lipinski definition) is 1. The molecule has 0 aliphatic heterocycles. The van der Waals surface area contributed by atoms with Crippen molar-refractivity contribution in [3.63, 3.8) is 0 Å². The highest BCUT2D eigenvalue weighted by molar-refractivity contribution is 5.70. The van der Waals surface area contributed by atoms with Gasteiger partial charge in [-0.05, 0) is 24.3 Å². The highest BCUT2D eigenvalue weighted by atomic mass is 16.5. The van der Waals surface area contributed by atoms with Gasteiger partial charge in [0.1, 0.15) is 0 Å². The van der Waals surface area contributed by atoms with Crippen LogP contribution >= 0.6 is 0 Å². The summed E-state index contributed by atoms with van der Waals surface area (Å²) in [6.07, 6.45) is 0. The molecule has 0 fully saturated rings. The number of hydrogen-bond acceptors (Lipinski definition) is 8. The molecule has 1 aromatic heterocycles. The number of H-pyrrole nitrogens is 1. The van der Waals surface area contributed by atoms with Gasteiger partial charge in [-0.2, -0.15) is 5.10 Å². The quantitative estimate of drug-likeness (QED) is 0.615. The average molecular weight is 401 g/mol. The van der Waals surface area contributed by atoms with E-state index in [1.54, 1.807) is 66.9 Å². The van der Waals surface area contributed by atoms with Crippen LogP contribution in [0.1, 0.15) is 0 Å². The average Bonchev–Trinajstić information content (AvgIpc) is 3.27. The summed E-state index contributed by atoms with van der Waals surface area (Å²) in [7, 11) is 9.33. The van der Waals surface area contributed by atoms with Crippen LogP contribution in [0.25, 0.3) is 22.8 Å². The maximum atomic E-state index is 5.40. The van der Waals surface area contributed by atoms with Crippen LogP contribution in [0.5, 0.6) is 34.5 Å². The number of aromatic amines is 1. The van der Waals surface area contributed by atoms with Gasteiger partial charge in [-0.3, -0.25) is 5.10 Å². The van der Waals surface area contributed by atoms with Crippen LogP contribution in [0.2, 0.25) is 0 Å². The highest BCUT2D eigenvalue weighted by Crippen LogP contribution is 2.42. The van der Waals surface area contributed by atoms with E-state index >= 15 is 0 Å². The molecule has 9 nitrogen and oxygen atoms in total. The summed E-state index contributed by atoms with van der Waals surface area (Å²) >= 11 is 0. The predicted octanol–water partition coefficient (Wildman–Crippen LogP) is 3.19. The zero-order valence-electron chi connectivity index (χ0n) is 17.2. The van der Waals surface area contributed by atoms with Crippen molar-refractivity contribution < 1.29 is 28.4 Å². The van der Waals surface area contributed by atoms with Crippen molar-refractivity contribution in [3.8, 4) is 57.3 Å². The van der Waals surface area contributed by atoms with Gasteiger partial charge in [-0.1, -0.05) is 0 Å². The first-order valence-electron chi connectivity index (χ1n) is 8.63. The van der Waals surface area contributed by atoms with E-state index in [0.29, 0.717) is 51.7 Å². The number of methoxy groups -OCH3 is 6. The Balaban J connectivity index is 2.06. The Bertz CT molecular complexity index is 874. The van der Waals surface area contributed by atoms with Crippen LogP contribution in [-0.4, -0.2) is 57.8 Å². The minimum absolute atomic E-state index is 0.466. The van der Waals surface area contributed by atoms with Crippen LogP contribution in [0.15, 0.2) is 24.3 Å². The number of nitrogens with one attached hydrogen (secondary N) is 1. The fraction of sp³-hybridized carbons (Fsp3) is 0.300. The fourth-order valence-corrected chi connectivity index (χ4v) is 2.95. The lowest BCUT2D eigenvalue weighted by Crippen LogP contribution is -1.96. The van der Waals surface area contributed by atoms with Gasteiger partial charge in [0, 0.05) is 11.1 Å². The van der Waals surface area contributed by atoms with Crippen LogP contribution in [0.4, 0.5) is 0 Å². The molecule has 0 amide bonds. The van der Waals surface area contributed by atoms with E-state index < -0.39 is 0 Å². The van der Waals surface area contributed by atoms with Gasteiger partial charge in [0.15, 0.2) is 34.6 Å². The molecule has 0 aliphatic carbocycles. The summed E-state index contributed by atoms with van der Waals surface area (Å²) < 4.78 is 32.3. The van der Waals surface area contributed by atoms with Crippen molar-refractivity contribution >= 4 is 0 Å². The molecule has 0 radical (unpaired) electrons. The molecule has 2 aromatic carbocycles. The van der Waals surface area contributed by atoms with Crippen molar-refractivity contribution in [3.05, 3.63) is 24.3 Å². The molecule has 0 saturated carbocycles. The minimum atomic E-state index is 0.466. The van der Waals surface area contributed by atoms with E-state index in [4.69, 9.17) is 28.4 Å². The molecule has 0 saturated heterocycles. The molecule has 0 aliphatic rings. The molecule has 0 spiro atoms. The van der Waals surface area contributed by atoms with Crippen LogP contribution in [-0.2, 0) is 0 Å². The predicted molar refractivity (Wildman–Crippen MR) is 107 cm³/mol. The Morgan fingerprint density at radius 1 is 0.586 bits per heavy atom. The number of benzene rings is 2. The molecule has 0 unspecified atom stereocenters. The third kappa shape index (κ3) is 3.71. The van der Waals surface area contributed by atoms with Crippen molar-refractivity contribution in [2.75, 3.05) is 42.7 Å². The second kappa shape index (κ2) is 8.59. The van der Waals surface area contributed by atoms with Gasteiger partial charge in [0.25, 0.3) is 0 Å². The van der Waals surface area contributed by atoms with E-state index in [0.717, 1.165) is 5.56 Å². The first kappa shape index (κ1) is 20.1. The van der Waals surface area contributed by atoms with Gasteiger partial charge in [-0.15, -0.1) is 0 Å². The van der Waals surface area contributed by atoms with Crippen molar-refractivity contribution in [2.45, 2.75) is 0 Å². The second-order valence-electron chi connectivity index (χ2n) is 5.84. The standard InChI is InChI=1S/C20H23N3O6/c1-24-13-7-11(8-14(25-2)17(13)28-5)19-21-20(23-22-19)12-9-15(26-3)18(29-6)16(10-12)27-4/h7-10H,1-6H3,(H,21,22,23). The van der Waals surface area contributed by atoms with Gasteiger partial charge in [0.2, 0.25) is 11.5 Å². The largest absolute Gasteiger partial charge is 0.493 e. The third-order valence-electron chi connectivity index (χ3n) is 4.35. The zero-order chi connectivity index (χ0) is 21.0. The van der Waals surface area contributed by atoms with Gasteiger partial charge < -0.3 is 28.4 Å². The highest BCUT2D eigenvalue weighted by Gasteiger charge is 2.19. The molecule has 154 valence electrons. The maximum absolute atomic E-state index is 5.40. The Hall–Kier alpha value is -3.62. The van der Waals surface area contributed by atoms with Crippen LogP contribution in [0, 0.1) is 0 Å². The smallest absolute Gasteiger partial charge is 0.203 e. The van der Waals surface area contributed by atoms with Crippen LogP contribution in [0.3, 0.4) is 0 Å². The molecule has 3 rings (SSSR count). The Morgan fingerprint density at radius 2 is 1.00 bits per heavy atom. The lowest BCUT2D eigenvalue weighted by Gasteiger charge is -2.13. The summed E-state index contributed by atoms with van der Waals surface area (Å²) in [5.74, 6) is 4.07. The zero-order valence-corrected chi connectivity index (χ0v) is 17.2. The Kier molecular flexibility index (Phi) is 5.96. The SMILES string of the molecule is COc1cc(-c2n[nH]c(-c3cc(OC)c(OC)c(OC)c3)n2)cc(OC)c1OC. The monoisotopic (exact) mass is 401 g/mol. The molecule has 0 atom stereocenters. The third-order valence-corrected chi connectivity index (χ3v) is 4.35. The van der Waals surface area contributed by atoms with Crippen LogP contribution < -0.4 is 28.4 Å². The van der Waals surface area contributed by atoms with Crippen molar-refractivity contribution in [2.24, 2.45) is 0 Å².